The monoisotopic (exact) mass is 270 g/mol. The molecule has 2 aromatic rings. The molecule has 2 aromatic carbocycles. The first-order chi connectivity index (χ1) is 9.52. The maximum atomic E-state index is 11.0. The van der Waals surface area contributed by atoms with E-state index in [1.54, 1.807) is 6.07 Å². The van der Waals surface area contributed by atoms with Crippen LogP contribution in [0.5, 0.6) is 5.75 Å². The third-order valence-corrected chi connectivity index (χ3v) is 3.65. The number of benzene rings is 2. The molecule has 0 aliphatic heterocycles. The maximum absolute atomic E-state index is 11.0. The van der Waals surface area contributed by atoms with Crippen LogP contribution in [0.4, 0.5) is 0 Å². The van der Waals surface area contributed by atoms with E-state index in [0.717, 1.165) is 17.5 Å². The highest BCUT2D eigenvalue weighted by Gasteiger charge is 2.11. The predicted molar refractivity (Wildman–Crippen MR) is 79.2 cm³/mol. The van der Waals surface area contributed by atoms with E-state index < -0.39 is 5.97 Å². The van der Waals surface area contributed by atoms with Crippen LogP contribution in [0.2, 0.25) is 0 Å². The summed E-state index contributed by atoms with van der Waals surface area (Å²) in [6.45, 7) is 4.33. The standard InChI is InChI=1S/C17H18O3/c1-3-11(2)12-4-6-13(7-5-12)14-8-9-16(18)15(10-14)17(19)20/h4-11,18H,3H2,1-2H3,(H,19,20). The molecule has 1 atom stereocenters. The molecule has 0 aliphatic carbocycles. The molecule has 104 valence electrons. The first kappa shape index (κ1) is 14.1. The smallest absolute Gasteiger partial charge is 0.339 e. The van der Waals surface area contributed by atoms with Crippen molar-refractivity contribution in [2.45, 2.75) is 26.2 Å². The van der Waals surface area contributed by atoms with Gasteiger partial charge in [-0.2, -0.15) is 0 Å². The summed E-state index contributed by atoms with van der Waals surface area (Å²) in [6.07, 6.45) is 1.09. The number of aromatic hydroxyl groups is 1. The quantitative estimate of drug-likeness (QED) is 0.872. The van der Waals surface area contributed by atoms with Crippen molar-refractivity contribution in [3.8, 4) is 16.9 Å². The van der Waals surface area contributed by atoms with Crippen molar-refractivity contribution in [3.63, 3.8) is 0 Å². The van der Waals surface area contributed by atoms with Gasteiger partial charge in [0.2, 0.25) is 0 Å². The average Bonchev–Trinajstić information content (AvgIpc) is 2.47. The maximum Gasteiger partial charge on any atom is 0.339 e. The van der Waals surface area contributed by atoms with Gasteiger partial charge in [0.25, 0.3) is 0 Å². The Hall–Kier alpha value is -2.29. The van der Waals surface area contributed by atoms with Crippen LogP contribution in [0.25, 0.3) is 11.1 Å². The van der Waals surface area contributed by atoms with Crippen molar-refractivity contribution in [2.24, 2.45) is 0 Å². The summed E-state index contributed by atoms with van der Waals surface area (Å²) in [5.41, 5.74) is 2.93. The van der Waals surface area contributed by atoms with Gasteiger partial charge in [0.15, 0.2) is 0 Å². The zero-order valence-electron chi connectivity index (χ0n) is 11.6. The fraction of sp³-hybridized carbons (Fsp3) is 0.235. The number of rotatable bonds is 4. The van der Waals surface area contributed by atoms with Gasteiger partial charge in [0.05, 0.1) is 0 Å². The van der Waals surface area contributed by atoms with Crippen molar-refractivity contribution in [3.05, 3.63) is 53.6 Å². The third kappa shape index (κ3) is 2.82. The molecule has 3 heteroatoms. The number of carboxylic acid groups (broad SMARTS) is 1. The van der Waals surface area contributed by atoms with Crippen molar-refractivity contribution in [1.29, 1.82) is 0 Å². The Morgan fingerprint density at radius 3 is 2.25 bits per heavy atom. The lowest BCUT2D eigenvalue weighted by Gasteiger charge is -2.10. The Balaban J connectivity index is 2.37. The summed E-state index contributed by atoms with van der Waals surface area (Å²) in [6, 6.07) is 12.7. The minimum Gasteiger partial charge on any atom is -0.507 e. The van der Waals surface area contributed by atoms with Gasteiger partial charge < -0.3 is 10.2 Å². The molecule has 2 N–H and O–H groups in total. The molecule has 0 aliphatic rings. The minimum atomic E-state index is -1.12. The Bertz CT molecular complexity index is 615. The van der Waals surface area contributed by atoms with E-state index in [1.807, 2.05) is 12.1 Å². The van der Waals surface area contributed by atoms with Crippen LogP contribution in [0.3, 0.4) is 0 Å². The molecule has 1 unspecified atom stereocenters. The molecule has 0 radical (unpaired) electrons. The molecule has 0 fully saturated rings. The highest BCUT2D eigenvalue weighted by molar-refractivity contribution is 5.92. The van der Waals surface area contributed by atoms with Gasteiger partial charge in [0.1, 0.15) is 11.3 Å². The van der Waals surface area contributed by atoms with Crippen LogP contribution in [0, 0.1) is 0 Å². The van der Waals surface area contributed by atoms with Crippen LogP contribution in [0.15, 0.2) is 42.5 Å². The molecule has 0 spiro atoms. The molecule has 3 nitrogen and oxygen atoms in total. The minimum absolute atomic E-state index is 0.0755. The Labute approximate surface area is 118 Å². The van der Waals surface area contributed by atoms with Crippen LogP contribution < -0.4 is 0 Å². The summed E-state index contributed by atoms with van der Waals surface area (Å²) in [5, 5.41) is 18.5. The predicted octanol–water partition coefficient (Wildman–Crippen LogP) is 4.27. The molecule has 0 aromatic heterocycles. The summed E-state index contributed by atoms with van der Waals surface area (Å²) in [4.78, 5) is 11.0. The largest absolute Gasteiger partial charge is 0.507 e. The molecular weight excluding hydrogens is 252 g/mol. The lowest BCUT2D eigenvalue weighted by Crippen LogP contribution is -1.97. The zero-order chi connectivity index (χ0) is 14.7. The number of hydrogen-bond acceptors (Lipinski definition) is 2. The first-order valence-electron chi connectivity index (χ1n) is 6.69. The molecule has 0 saturated carbocycles. The fourth-order valence-electron chi connectivity index (χ4n) is 2.13. The lowest BCUT2D eigenvalue weighted by molar-refractivity contribution is 0.0694. The van der Waals surface area contributed by atoms with Crippen LogP contribution >= 0.6 is 0 Å². The Morgan fingerprint density at radius 2 is 1.70 bits per heavy atom. The first-order valence-corrected chi connectivity index (χ1v) is 6.69. The van der Waals surface area contributed by atoms with E-state index in [-0.39, 0.29) is 11.3 Å². The number of carboxylic acids is 1. The molecule has 0 bridgehead atoms. The van der Waals surface area contributed by atoms with Gasteiger partial charge in [-0.3, -0.25) is 0 Å². The number of hydrogen-bond donors (Lipinski definition) is 2. The van der Waals surface area contributed by atoms with E-state index in [9.17, 15) is 9.90 Å². The summed E-state index contributed by atoms with van der Waals surface area (Å²) >= 11 is 0. The van der Waals surface area contributed by atoms with Gasteiger partial charge >= 0.3 is 5.97 Å². The van der Waals surface area contributed by atoms with Gasteiger partial charge in [-0.25, -0.2) is 4.79 Å². The van der Waals surface area contributed by atoms with E-state index in [0.29, 0.717) is 5.92 Å². The highest BCUT2D eigenvalue weighted by Crippen LogP contribution is 2.28. The van der Waals surface area contributed by atoms with E-state index in [2.05, 4.69) is 26.0 Å². The molecule has 0 amide bonds. The Kier molecular flexibility index (Phi) is 4.08. The summed E-state index contributed by atoms with van der Waals surface area (Å²) < 4.78 is 0. The van der Waals surface area contributed by atoms with Crippen LogP contribution in [-0.2, 0) is 0 Å². The van der Waals surface area contributed by atoms with Crippen LogP contribution in [-0.4, -0.2) is 16.2 Å². The molecule has 0 saturated heterocycles. The van der Waals surface area contributed by atoms with Crippen LogP contribution in [0.1, 0.15) is 42.1 Å². The molecule has 20 heavy (non-hydrogen) atoms. The molecular formula is C17H18O3. The summed E-state index contributed by atoms with van der Waals surface area (Å²) in [7, 11) is 0. The lowest BCUT2D eigenvalue weighted by atomic mass is 9.95. The van der Waals surface area contributed by atoms with Crippen molar-refractivity contribution < 1.29 is 15.0 Å². The van der Waals surface area contributed by atoms with E-state index in [4.69, 9.17) is 5.11 Å². The topological polar surface area (TPSA) is 57.5 Å². The van der Waals surface area contributed by atoms with Gasteiger partial charge in [0, 0.05) is 0 Å². The second-order valence-electron chi connectivity index (χ2n) is 4.97. The Morgan fingerprint density at radius 1 is 1.10 bits per heavy atom. The van der Waals surface area contributed by atoms with Gasteiger partial charge in [-0.05, 0) is 41.2 Å². The van der Waals surface area contributed by atoms with E-state index in [1.165, 1.54) is 17.7 Å². The highest BCUT2D eigenvalue weighted by atomic mass is 16.4. The zero-order valence-corrected chi connectivity index (χ0v) is 11.6. The fourth-order valence-corrected chi connectivity index (χ4v) is 2.13. The summed E-state index contributed by atoms with van der Waals surface area (Å²) in [5.74, 6) is -0.823. The molecule has 0 heterocycles. The van der Waals surface area contributed by atoms with Crippen molar-refractivity contribution in [2.75, 3.05) is 0 Å². The number of carbonyl (C=O) groups is 1. The SMILES string of the molecule is CCC(C)c1ccc(-c2ccc(O)c(C(=O)O)c2)cc1. The molecule has 2 rings (SSSR count). The van der Waals surface area contributed by atoms with E-state index >= 15 is 0 Å². The number of phenols is 1. The van der Waals surface area contributed by atoms with Crippen molar-refractivity contribution in [1.82, 2.24) is 0 Å². The average molecular weight is 270 g/mol. The normalized spacial score (nSPS) is 12.1. The van der Waals surface area contributed by atoms with Gasteiger partial charge in [-0.1, -0.05) is 44.2 Å². The van der Waals surface area contributed by atoms with Crippen molar-refractivity contribution >= 4 is 5.97 Å². The van der Waals surface area contributed by atoms with Gasteiger partial charge in [-0.15, -0.1) is 0 Å². The second kappa shape index (κ2) is 5.78. The number of aromatic carboxylic acids is 1. The third-order valence-electron chi connectivity index (χ3n) is 3.65. The second-order valence-corrected chi connectivity index (χ2v) is 4.97.